The van der Waals surface area contributed by atoms with E-state index in [4.69, 9.17) is 6.42 Å². The molecule has 0 aromatic heterocycles. The number of carbonyl (C=O) groups excluding carboxylic acids is 1. The number of hydrogen-bond donors (Lipinski definition) is 1. The third-order valence-corrected chi connectivity index (χ3v) is 2.24. The third-order valence-electron chi connectivity index (χ3n) is 2.24. The van der Waals surface area contributed by atoms with E-state index in [1.165, 1.54) is 7.11 Å². The van der Waals surface area contributed by atoms with Gasteiger partial charge in [-0.25, -0.2) is 4.79 Å². The molecule has 0 heterocycles. The molecule has 16 heavy (non-hydrogen) atoms. The maximum Gasteiger partial charge on any atom is 0.337 e. The molecular formula is C13H15NO2. The lowest BCUT2D eigenvalue weighted by molar-refractivity contribution is 0.0600. The van der Waals surface area contributed by atoms with E-state index in [0.717, 1.165) is 5.56 Å². The molecule has 0 bridgehead atoms. The van der Waals surface area contributed by atoms with Crippen molar-refractivity contribution >= 4 is 5.97 Å². The molecule has 84 valence electrons. The Labute approximate surface area is 95.8 Å². The fourth-order valence-electron chi connectivity index (χ4n) is 1.21. The lowest BCUT2D eigenvalue weighted by atomic mass is 10.1. The van der Waals surface area contributed by atoms with Crippen molar-refractivity contribution in [3.63, 3.8) is 0 Å². The van der Waals surface area contributed by atoms with Gasteiger partial charge in [-0.3, -0.25) is 5.32 Å². The molecule has 1 aromatic rings. The average Bonchev–Trinajstić information content (AvgIpc) is 2.35. The SMILES string of the molecule is C#CC(C)NCc1ccc(C(=O)OC)cc1. The Kier molecular flexibility index (Phi) is 4.56. The second-order valence-electron chi connectivity index (χ2n) is 3.46. The molecule has 1 aromatic carbocycles. The Bertz CT molecular complexity index is 389. The number of ether oxygens (including phenoxy) is 1. The zero-order chi connectivity index (χ0) is 12.0. The van der Waals surface area contributed by atoms with Crippen LogP contribution in [0, 0.1) is 12.3 Å². The smallest absolute Gasteiger partial charge is 0.337 e. The lowest BCUT2D eigenvalue weighted by Crippen LogP contribution is -2.23. The van der Waals surface area contributed by atoms with E-state index >= 15 is 0 Å². The van der Waals surface area contributed by atoms with Gasteiger partial charge in [0.15, 0.2) is 0 Å². The van der Waals surface area contributed by atoms with E-state index in [0.29, 0.717) is 12.1 Å². The van der Waals surface area contributed by atoms with E-state index in [1.807, 2.05) is 19.1 Å². The van der Waals surface area contributed by atoms with E-state index < -0.39 is 0 Å². The number of esters is 1. The van der Waals surface area contributed by atoms with Gasteiger partial charge in [-0.15, -0.1) is 6.42 Å². The maximum atomic E-state index is 11.2. The zero-order valence-corrected chi connectivity index (χ0v) is 9.49. The highest BCUT2D eigenvalue weighted by Crippen LogP contribution is 2.05. The standard InChI is InChI=1S/C13H15NO2/c1-4-10(2)14-9-11-5-7-12(8-6-11)13(15)16-3/h1,5-8,10,14H,9H2,2-3H3. The van der Waals surface area contributed by atoms with Crippen LogP contribution in [0.2, 0.25) is 0 Å². The van der Waals surface area contributed by atoms with Crippen molar-refractivity contribution in [1.82, 2.24) is 5.32 Å². The highest BCUT2D eigenvalue weighted by Gasteiger charge is 2.04. The summed E-state index contributed by atoms with van der Waals surface area (Å²) >= 11 is 0. The minimum absolute atomic E-state index is 0.0419. The largest absolute Gasteiger partial charge is 0.465 e. The van der Waals surface area contributed by atoms with Gasteiger partial charge in [-0.05, 0) is 24.6 Å². The first-order valence-electron chi connectivity index (χ1n) is 5.04. The van der Waals surface area contributed by atoms with Gasteiger partial charge in [0.1, 0.15) is 0 Å². The molecule has 3 nitrogen and oxygen atoms in total. The van der Waals surface area contributed by atoms with Gasteiger partial charge in [0.05, 0.1) is 18.7 Å². The second-order valence-corrected chi connectivity index (χ2v) is 3.46. The van der Waals surface area contributed by atoms with Crippen LogP contribution in [0.15, 0.2) is 24.3 Å². The van der Waals surface area contributed by atoms with Crippen molar-refractivity contribution in [1.29, 1.82) is 0 Å². The third kappa shape index (κ3) is 3.41. The highest BCUT2D eigenvalue weighted by atomic mass is 16.5. The van der Waals surface area contributed by atoms with Crippen LogP contribution >= 0.6 is 0 Å². The molecule has 0 fully saturated rings. The fourth-order valence-corrected chi connectivity index (χ4v) is 1.21. The highest BCUT2D eigenvalue weighted by molar-refractivity contribution is 5.89. The molecule has 0 saturated carbocycles. The molecular weight excluding hydrogens is 202 g/mol. The Morgan fingerprint density at radius 3 is 2.62 bits per heavy atom. The van der Waals surface area contributed by atoms with Crippen molar-refractivity contribution < 1.29 is 9.53 Å². The van der Waals surface area contributed by atoms with Gasteiger partial charge in [-0.2, -0.15) is 0 Å². The zero-order valence-electron chi connectivity index (χ0n) is 9.49. The molecule has 0 amide bonds. The minimum atomic E-state index is -0.323. The predicted octanol–water partition coefficient (Wildman–Crippen LogP) is 1.58. The van der Waals surface area contributed by atoms with Crippen LogP contribution in [0.3, 0.4) is 0 Å². The van der Waals surface area contributed by atoms with Crippen molar-refractivity contribution in [2.45, 2.75) is 19.5 Å². The molecule has 0 spiro atoms. The Hall–Kier alpha value is -1.79. The number of nitrogens with one attached hydrogen (secondary N) is 1. The van der Waals surface area contributed by atoms with Crippen LogP contribution in [0.5, 0.6) is 0 Å². The topological polar surface area (TPSA) is 38.3 Å². The van der Waals surface area contributed by atoms with Crippen LogP contribution in [0.1, 0.15) is 22.8 Å². The molecule has 3 heteroatoms. The number of terminal acetylenes is 1. The van der Waals surface area contributed by atoms with E-state index in [9.17, 15) is 4.79 Å². The first-order valence-corrected chi connectivity index (χ1v) is 5.04. The predicted molar refractivity (Wildman–Crippen MR) is 62.9 cm³/mol. The van der Waals surface area contributed by atoms with Crippen LogP contribution in [0.25, 0.3) is 0 Å². The fraction of sp³-hybridized carbons (Fsp3) is 0.308. The van der Waals surface area contributed by atoms with Crippen molar-refractivity contribution in [2.75, 3.05) is 7.11 Å². The number of hydrogen-bond acceptors (Lipinski definition) is 3. The first-order chi connectivity index (χ1) is 7.67. The van der Waals surface area contributed by atoms with Gasteiger partial charge < -0.3 is 4.74 Å². The second kappa shape index (κ2) is 5.94. The monoisotopic (exact) mass is 217 g/mol. The summed E-state index contributed by atoms with van der Waals surface area (Å²) < 4.78 is 4.61. The van der Waals surface area contributed by atoms with Crippen LogP contribution in [0.4, 0.5) is 0 Å². The number of benzene rings is 1. The summed E-state index contributed by atoms with van der Waals surface area (Å²) in [7, 11) is 1.37. The minimum Gasteiger partial charge on any atom is -0.465 e. The molecule has 1 atom stereocenters. The van der Waals surface area contributed by atoms with Crippen LogP contribution in [-0.4, -0.2) is 19.1 Å². The van der Waals surface area contributed by atoms with Gasteiger partial charge >= 0.3 is 5.97 Å². The number of methoxy groups -OCH3 is 1. The molecule has 0 aliphatic heterocycles. The maximum absolute atomic E-state index is 11.2. The molecule has 0 radical (unpaired) electrons. The van der Waals surface area contributed by atoms with Gasteiger partial charge in [0.25, 0.3) is 0 Å². The first kappa shape index (κ1) is 12.3. The molecule has 0 aliphatic carbocycles. The molecule has 1 rings (SSSR count). The number of rotatable bonds is 4. The summed E-state index contributed by atoms with van der Waals surface area (Å²) in [5.74, 6) is 2.27. The Morgan fingerprint density at radius 2 is 2.12 bits per heavy atom. The Morgan fingerprint density at radius 1 is 1.50 bits per heavy atom. The summed E-state index contributed by atoms with van der Waals surface area (Å²) in [6, 6.07) is 7.28. The van der Waals surface area contributed by atoms with Crippen molar-refractivity contribution in [3.8, 4) is 12.3 Å². The van der Waals surface area contributed by atoms with E-state index in [-0.39, 0.29) is 12.0 Å². The van der Waals surface area contributed by atoms with Crippen molar-refractivity contribution in [3.05, 3.63) is 35.4 Å². The summed E-state index contributed by atoms with van der Waals surface area (Å²) in [5.41, 5.74) is 1.63. The van der Waals surface area contributed by atoms with Crippen LogP contribution < -0.4 is 5.32 Å². The lowest BCUT2D eigenvalue weighted by Gasteiger charge is -2.07. The summed E-state index contributed by atoms with van der Waals surface area (Å²) in [6.45, 7) is 2.61. The van der Waals surface area contributed by atoms with Crippen molar-refractivity contribution in [2.24, 2.45) is 0 Å². The Balaban J connectivity index is 2.59. The molecule has 0 saturated heterocycles. The summed E-state index contributed by atoms with van der Waals surface area (Å²) in [4.78, 5) is 11.2. The normalized spacial score (nSPS) is 11.6. The van der Waals surface area contributed by atoms with Gasteiger partial charge in [-0.1, -0.05) is 18.1 Å². The molecule has 1 unspecified atom stereocenters. The molecule has 1 N–H and O–H groups in total. The molecule has 0 aliphatic rings. The van der Waals surface area contributed by atoms with E-state index in [2.05, 4.69) is 16.0 Å². The number of carbonyl (C=O) groups is 1. The average molecular weight is 217 g/mol. The quantitative estimate of drug-likeness (QED) is 0.614. The van der Waals surface area contributed by atoms with Crippen LogP contribution in [-0.2, 0) is 11.3 Å². The van der Waals surface area contributed by atoms with Gasteiger partial charge in [0, 0.05) is 6.54 Å². The summed E-state index contributed by atoms with van der Waals surface area (Å²) in [6.07, 6.45) is 5.24. The summed E-state index contributed by atoms with van der Waals surface area (Å²) in [5, 5.41) is 3.16. The van der Waals surface area contributed by atoms with E-state index in [1.54, 1.807) is 12.1 Å². The van der Waals surface area contributed by atoms with Gasteiger partial charge in [0.2, 0.25) is 0 Å².